The molecule has 0 nitrogen and oxygen atoms in total. The van der Waals surface area contributed by atoms with Gasteiger partial charge in [0, 0.05) is 3.58 Å². The minimum absolute atomic E-state index is 0.103. The lowest BCUT2D eigenvalue weighted by Crippen LogP contribution is -2.26. The van der Waals surface area contributed by atoms with Crippen molar-refractivity contribution in [2.24, 2.45) is 5.92 Å². The third-order valence-corrected chi connectivity index (χ3v) is 3.17. The van der Waals surface area contributed by atoms with Crippen LogP contribution in [0.5, 0.6) is 0 Å². The summed E-state index contributed by atoms with van der Waals surface area (Å²) in [5.41, 5.74) is -0.726. The van der Waals surface area contributed by atoms with Gasteiger partial charge < -0.3 is 0 Å². The highest BCUT2D eigenvalue weighted by molar-refractivity contribution is 14.1. The Morgan fingerprint density at radius 1 is 1.36 bits per heavy atom. The Kier molecular flexibility index (Phi) is 3.70. The molecule has 0 radical (unpaired) electrons. The van der Waals surface area contributed by atoms with Crippen LogP contribution in [-0.2, 0) is 5.67 Å². The van der Waals surface area contributed by atoms with Crippen molar-refractivity contribution < 1.29 is 4.39 Å². The van der Waals surface area contributed by atoms with Crippen molar-refractivity contribution in [3.8, 4) is 0 Å². The average Bonchev–Trinajstić information content (AvgIpc) is 2.17. The molecule has 1 aromatic carbocycles. The van der Waals surface area contributed by atoms with Gasteiger partial charge in [0.1, 0.15) is 0 Å². The fourth-order valence-corrected chi connectivity index (χ4v) is 2.42. The second kappa shape index (κ2) is 4.43. The molecule has 0 spiro atoms. The van der Waals surface area contributed by atoms with Gasteiger partial charge in [-0.3, -0.25) is 0 Å². The average molecular weight is 304 g/mol. The number of benzene rings is 1. The number of hydrogen-bond donors (Lipinski definition) is 0. The lowest BCUT2D eigenvalue weighted by Gasteiger charge is -2.29. The lowest BCUT2D eigenvalue weighted by atomic mass is 9.85. The predicted octanol–water partition coefficient (Wildman–Crippen LogP) is 4.46. The van der Waals surface area contributed by atoms with E-state index in [0.29, 0.717) is 9.14 Å². The second-order valence-electron chi connectivity index (χ2n) is 3.64. The Morgan fingerprint density at radius 2 is 1.86 bits per heavy atom. The molecule has 1 aromatic rings. The molecule has 0 fully saturated rings. The zero-order chi connectivity index (χ0) is 10.8. The van der Waals surface area contributed by atoms with Gasteiger partial charge >= 0.3 is 0 Å². The highest BCUT2D eigenvalue weighted by atomic mass is 127. The predicted molar refractivity (Wildman–Crippen MR) is 67.2 cm³/mol. The maximum absolute atomic E-state index is 14.7. The summed E-state index contributed by atoms with van der Waals surface area (Å²) in [6.45, 7) is 7.48. The van der Waals surface area contributed by atoms with E-state index in [4.69, 9.17) is 0 Å². The lowest BCUT2D eigenvalue weighted by molar-refractivity contribution is 0.158. The Bertz CT molecular complexity index is 318. The maximum Gasteiger partial charge on any atom is 0.168 e. The summed E-state index contributed by atoms with van der Waals surface area (Å²) in [7, 11) is 0. The first-order valence-electron chi connectivity index (χ1n) is 4.59. The zero-order valence-electron chi connectivity index (χ0n) is 8.43. The van der Waals surface area contributed by atoms with Crippen LogP contribution in [0.15, 0.2) is 40.5 Å². The van der Waals surface area contributed by atoms with Crippen molar-refractivity contribution in [1.82, 2.24) is 0 Å². The van der Waals surface area contributed by atoms with Crippen LogP contribution in [0.1, 0.15) is 19.4 Å². The van der Waals surface area contributed by atoms with Gasteiger partial charge in [0.25, 0.3) is 0 Å². The molecule has 0 aliphatic rings. The van der Waals surface area contributed by atoms with Crippen LogP contribution in [0.3, 0.4) is 0 Å². The molecule has 2 heteroatoms. The van der Waals surface area contributed by atoms with E-state index in [1.807, 2.05) is 66.8 Å². The smallest absolute Gasteiger partial charge is 0.168 e. The highest BCUT2D eigenvalue weighted by Gasteiger charge is 2.37. The molecule has 0 unspecified atom stereocenters. The van der Waals surface area contributed by atoms with Crippen molar-refractivity contribution in [3.63, 3.8) is 0 Å². The van der Waals surface area contributed by atoms with E-state index in [2.05, 4.69) is 6.58 Å². The summed E-state index contributed by atoms with van der Waals surface area (Å²) in [6.07, 6.45) is 0. The Morgan fingerprint density at radius 3 is 2.21 bits per heavy atom. The molecular weight excluding hydrogens is 290 g/mol. The highest BCUT2D eigenvalue weighted by Crippen LogP contribution is 2.42. The van der Waals surface area contributed by atoms with Crippen molar-refractivity contribution in [2.75, 3.05) is 0 Å². The molecule has 0 saturated carbocycles. The van der Waals surface area contributed by atoms with E-state index in [1.165, 1.54) is 0 Å². The van der Waals surface area contributed by atoms with Crippen LogP contribution >= 0.6 is 22.6 Å². The molecule has 1 rings (SSSR count). The number of alkyl halides is 1. The van der Waals surface area contributed by atoms with E-state index >= 15 is 0 Å². The topological polar surface area (TPSA) is 0 Å². The monoisotopic (exact) mass is 304 g/mol. The van der Waals surface area contributed by atoms with Crippen LogP contribution in [-0.4, -0.2) is 0 Å². The Hall–Kier alpha value is -0.380. The van der Waals surface area contributed by atoms with Crippen LogP contribution in [0.2, 0.25) is 0 Å². The maximum atomic E-state index is 14.7. The fourth-order valence-electron chi connectivity index (χ4n) is 1.48. The summed E-state index contributed by atoms with van der Waals surface area (Å²) >= 11 is 1.97. The van der Waals surface area contributed by atoms with Gasteiger partial charge in [0.2, 0.25) is 0 Å². The molecular formula is C12H14FI. The quantitative estimate of drug-likeness (QED) is 0.723. The summed E-state index contributed by atoms with van der Waals surface area (Å²) in [5, 5.41) is 0. The molecule has 0 bridgehead atoms. The first kappa shape index (κ1) is 11.7. The fraction of sp³-hybridized carbons (Fsp3) is 0.333. The van der Waals surface area contributed by atoms with Gasteiger partial charge in [0.05, 0.1) is 0 Å². The van der Waals surface area contributed by atoms with Crippen molar-refractivity contribution in [1.29, 1.82) is 0 Å². The van der Waals surface area contributed by atoms with E-state index in [-0.39, 0.29) is 5.92 Å². The Labute approximate surface area is 98.4 Å². The standard InChI is InChI=1S/C12H14FI/c1-9(2)12(13,10(3)14)11-7-5-4-6-8-11/h4-9H,3H2,1-2H3/t12-/m0/s1. The van der Waals surface area contributed by atoms with Gasteiger partial charge in [0.15, 0.2) is 5.67 Å². The van der Waals surface area contributed by atoms with Crippen molar-refractivity contribution in [3.05, 3.63) is 46.1 Å². The second-order valence-corrected chi connectivity index (χ2v) is 4.94. The summed E-state index contributed by atoms with van der Waals surface area (Å²) in [5.74, 6) is -0.103. The molecule has 0 heterocycles. The summed E-state index contributed by atoms with van der Waals surface area (Å²) in [4.78, 5) is 0. The molecule has 0 aromatic heterocycles. The molecule has 0 N–H and O–H groups in total. The summed E-state index contributed by atoms with van der Waals surface area (Å²) in [6, 6.07) is 9.21. The molecule has 0 saturated heterocycles. The minimum Gasteiger partial charge on any atom is -0.233 e. The van der Waals surface area contributed by atoms with Gasteiger partial charge in [-0.2, -0.15) is 0 Å². The largest absolute Gasteiger partial charge is 0.233 e. The zero-order valence-corrected chi connectivity index (χ0v) is 10.6. The minimum atomic E-state index is -1.41. The number of rotatable bonds is 3. The normalized spacial score (nSPS) is 15.2. The molecule has 0 amide bonds. The number of halogens is 2. The number of allylic oxidation sites excluding steroid dienone is 1. The molecule has 14 heavy (non-hydrogen) atoms. The molecule has 76 valence electrons. The van der Waals surface area contributed by atoms with E-state index in [9.17, 15) is 4.39 Å². The van der Waals surface area contributed by atoms with Crippen LogP contribution < -0.4 is 0 Å². The van der Waals surface area contributed by atoms with Crippen molar-refractivity contribution in [2.45, 2.75) is 19.5 Å². The first-order chi connectivity index (χ1) is 6.49. The van der Waals surface area contributed by atoms with E-state index in [1.54, 1.807) is 0 Å². The van der Waals surface area contributed by atoms with Crippen LogP contribution in [0.4, 0.5) is 4.39 Å². The molecule has 0 aliphatic heterocycles. The molecule has 0 aliphatic carbocycles. The van der Waals surface area contributed by atoms with Crippen LogP contribution in [0.25, 0.3) is 0 Å². The van der Waals surface area contributed by atoms with Crippen LogP contribution in [0, 0.1) is 5.92 Å². The molecule has 1 atom stereocenters. The SMILES string of the molecule is C=C(I)[C@](F)(c1ccccc1)C(C)C. The van der Waals surface area contributed by atoms with Gasteiger partial charge in [-0.1, -0.05) is 50.8 Å². The third kappa shape index (κ3) is 2.00. The van der Waals surface area contributed by atoms with E-state index in [0.717, 1.165) is 0 Å². The van der Waals surface area contributed by atoms with E-state index < -0.39 is 5.67 Å². The third-order valence-electron chi connectivity index (χ3n) is 2.38. The van der Waals surface area contributed by atoms with Gasteiger partial charge in [-0.15, -0.1) is 0 Å². The Balaban J connectivity index is 3.20. The van der Waals surface area contributed by atoms with Crippen molar-refractivity contribution >= 4 is 22.6 Å². The van der Waals surface area contributed by atoms with Gasteiger partial charge in [-0.05, 0) is 34.1 Å². The van der Waals surface area contributed by atoms with Gasteiger partial charge in [-0.25, -0.2) is 4.39 Å². The number of hydrogen-bond acceptors (Lipinski definition) is 0. The summed E-state index contributed by atoms with van der Waals surface area (Å²) < 4.78 is 15.2. The first-order valence-corrected chi connectivity index (χ1v) is 5.66.